The van der Waals surface area contributed by atoms with E-state index in [0.29, 0.717) is 46.3 Å². The normalized spacial score (nSPS) is 11.2. The second-order valence-electron chi connectivity index (χ2n) is 7.61. The van der Waals surface area contributed by atoms with E-state index in [2.05, 4.69) is 24.1 Å². The van der Waals surface area contributed by atoms with Gasteiger partial charge in [0, 0.05) is 41.5 Å². The number of hydrogen-bond acceptors (Lipinski definition) is 5. The molecule has 0 saturated heterocycles. The number of halogens is 2. The number of aromatic nitrogens is 3. The van der Waals surface area contributed by atoms with Gasteiger partial charge in [0.2, 0.25) is 0 Å². The third-order valence-electron chi connectivity index (χ3n) is 4.83. The zero-order chi connectivity index (χ0) is 22.0. The maximum absolute atomic E-state index is 14.5. The molecule has 5 nitrogen and oxygen atoms in total. The highest BCUT2D eigenvalue weighted by molar-refractivity contribution is 5.97. The van der Waals surface area contributed by atoms with E-state index in [9.17, 15) is 8.78 Å². The molecular formula is C24H22F2N4O. The van der Waals surface area contributed by atoms with Gasteiger partial charge in [-0.25, -0.2) is 18.7 Å². The lowest BCUT2D eigenvalue weighted by Crippen LogP contribution is -2.11. The molecule has 0 aliphatic carbocycles. The number of nitrogens with zero attached hydrogens (tertiary/aromatic N) is 3. The number of anilines is 1. The topological polar surface area (TPSA) is 59.9 Å². The van der Waals surface area contributed by atoms with E-state index < -0.39 is 11.6 Å². The highest BCUT2D eigenvalue weighted by atomic mass is 19.1. The summed E-state index contributed by atoms with van der Waals surface area (Å²) in [7, 11) is 1.53. The Morgan fingerprint density at radius 3 is 2.55 bits per heavy atom. The van der Waals surface area contributed by atoms with Crippen LogP contribution in [-0.2, 0) is 0 Å². The lowest BCUT2D eigenvalue weighted by molar-refractivity contribution is 0.419. The van der Waals surface area contributed by atoms with Crippen molar-refractivity contribution in [2.75, 3.05) is 19.0 Å². The summed E-state index contributed by atoms with van der Waals surface area (Å²) in [6.45, 7) is 4.88. The molecule has 4 rings (SSSR count). The number of hydrogen-bond donors (Lipinski definition) is 1. The molecule has 0 bridgehead atoms. The Hall–Kier alpha value is -3.61. The van der Waals surface area contributed by atoms with Crippen LogP contribution in [0.5, 0.6) is 5.75 Å². The zero-order valence-corrected chi connectivity index (χ0v) is 17.5. The third-order valence-corrected chi connectivity index (χ3v) is 4.83. The first-order valence-corrected chi connectivity index (χ1v) is 9.95. The zero-order valence-electron chi connectivity index (χ0n) is 17.5. The lowest BCUT2D eigenvalue weighted by Gasteiger charge is -2.16. The maximum Gasteiger partial charge on any atom is 0.163 e. The average Bonchev–Trinajstić information content (AvgIpc) is 2.77. The van der Waals surface area contributed by atoms with Crippen molar-refractivity contribution in [3.8, 4) is 28.3 Å². The summed E-state index contributed by atoms with van der Waals surface area (Å²) in [4.78, 5) is 13.6. The predicted molar refractivity (Wildman–Crippen MR) is 118 cm³/mol. The molecule has 0 fully saturated rings. The molecule has 0 amide bonds. The number of ether oxygens (including phenoxy) is 1. The quantitative estimate of drug-likeness (QED) is 0.433. The molecule has 1 N–H and O–H groups in total. The Bertz CT molecular complexity index is 1230. The summed E-state index contributed by atoms with van der Waals surface area (Å²) in [5, 5.41) is 4.06. The van der Waals surface area contributed by atoms with E-state index in [0.717, 1.165) is 11.6 Å². The first-order valence-electron chi connectivity index (χ1n) is 9.95. The molecule has 0 radical (unpaired) electrons. The molecule has 0 spiro atoms. The Balaban J connectivity index is 1.96. The fourth-order valence-electron chi connectivity index (χ4n) is 3.30. The van der Waals surface area contributed by atoms with Crippen LogP contribution >= 0.6 is 0 Å². The molecular weight excluding hydrogens is 398 g/mol. The van der Waals surface area contributed by atoms with E-state index in [-0.39, 0.29) is 5.56 Å². The molecule has 2 aromatic heterocycles. The van der Waals surface area contributed by atoms with E-state index >= 15 is 0 Å². The molecule has 0 saturated carbocycles. The molecule has 7 heteroatoms. The van der Waals surface area contributed by atoms with Crippen molar-refractivity contribution in [1.82, 2.24) is 15.0 Å². The highest BCUT2D eigenvalue weighted by Crippen LogP contribution is 2.36. The minimum atomic E-state index is -0.647. The van der Waals surface area contributed by atoms with E-state index in [1.165, 1.54) is 19.2 Å². The van der Waals surface area contributed by atoms with Gasteiger partial charge in [0.05, 0.1) is 7.11 Å². The van der Waals surface area contributed by atoms with Crippen LogP contribution in [0.2, 0.25) is 0 Å². The van der Waals surface area contributed by atoms with E-state index in [1.54, 1.807) is 24.5 Å². The maximum atomic E-state index is 14.5. The van der Waals surface area contributed by atoms with Crippen LogP contribution in [0.15, 0.2) is 54.9 Å². The molecule has 158 valence electrons. The molecule has 0 atom stereocenters. The van der Waals surface area contributed by atoms with Crippen molar-refractivity contribution in [2.24, 2.45) is 5.92 Å². The molecule has 0 unspecified atom stereocenters. The second kappa shape index (κ2) is 8.63. The molecule has 4 aromatic rings. The standard InChI is InChI=1S/C24H22F2N4O/c1-14(2)12-28-24-19-9-16(18-7-6-17(25)11-20(18)26)10-21(31-3)22(19)29-23(30-24)15-5-4-8-27-13-15/h4-11,13-14H,12H2,1-3H3,(H,28,29,30). The van der Waals surface area contributed by atoms with Crippen LogP contribution in [-0.4, -0.2) is 28.6 Å². The van der Waals surface area contributed by atoms with Gasteiger partial charge in [-0.1, -0.05) is 13.8 Å². The van der Waals surface area contributed by atoms with Crippen molar-refractivity contribution >= 4 is 16.7 Å². The average molecular weight is 420 g/mol. The fraction of sp³-hybridized carbons (Fsp3) is 0.208. The number of rotatable bonds is 6. The summed E-state index contributed by atoms with van der Waals surface area (Å²) < 4.78 is 33.5. The largest absolute Gasteiger partial charge is 0.494 e. The van der Waals surface area contributed by atoms with Crippen molar-refractivity contribution in [3.63, 3.8) is 0 Å². The number of methoxy groups -OCH3 is 1. The van der Waals surface area contributed by atoms with Gasteiger partial charge in [-0.3, -0.25) is 4.98 Å². The SMILES string of the molecule is COc1cc(-c2ccc(F)cc2F)cc2c(NCC(C)C)nc(-c3cccnc3)nc12. The lowest BCUT2D eigenvalue weighted by atomic mass is 10.0. The Morgan fingerprint density at radius 2 is 1.87 bits per heavy atom. The Morgan fingerprint density at radius 1 is 1.03 bits per heavy atom. The van der Waals surface area contributed by atoms with Crippen LogP contribution in [0, 0.1) is 17.6 Å². The van der Waals surface area contributed by atoms with Crippen molar-refractivity contribution in [3.05, 3.63) is 66.5 Å². The highest BCUT2D eigenvalue weighted by Gasteiger charge is 2.17. The number of nitrogens with one attached hydrogen (secondary N) is 1. The van der Waals surface area contributed by atoms with E-state index in [1.807, 2.05) is 12.1 Å². The molecule has 2 aromatic carbocycles. The summed E-state index contributed by atoms with van der Waals surface area (Å²) >= 11 is 0. The molecule has 0 aliphatic rings. The van der Waals surface area contributed by atoms with Crippen LogP contribution in [0.3, 0.4) is 0 Å². The van der Waals surface area contributed by atoms with Gasteiger partial charge in [0.25, 0.3) is 0 Å². The molecule has 31 heavy (non-hydrogen) atoms. The Labute approximate surface area is 179 Å². The smallest absolute Gasteiger partial charge is 0.163 e. The van der Waals surface area contributed by atoms with E-state index in [4.69, 9.17) is 14.7 Å². The monoisotopic (exact) mass is 420 g/mol. The first kappa shape index (κ1) is 20.7. The number of fused-ring (bicyclic) bond motifs is 1. The van der Waals surface area contributed by atoms with Crippen molar-refractivity contribution < 1.29 is 13.5 Å². The predicted octanol–water partition coefficient (Wildman–Crippen LogP) is 5.71. The fourth-order valence-corrected chi connectivity index (χ4v) is 3.30. The van der Waals surface area contributed by atoms with Gasteiger partial charge >= 0.3 is 0 Å². The third kappa shape index (κ3) is 4.30. The van der Waals surface area contributed by atoms with Gasteiger partial charge in [-0.2, -0.15) is 0 Å². The Kier molecular flexibility index (Phi) is 5.75. The van der Waals surface area contributed by atoms with Crippen LogP contribution in [0.4, 0.5) is 14.6 Å². The first-order chi connectivity index (χ1) is 15.0. The van der Waals surface area contributed by atoms with Crippen LogP contribution in [0.1, 0.15) is 13.8 Å². The molecule has 0 aliphatic heterocycles. The minimum absolute atomic E-state index is 0.271. The van der Waals surface area contributed by atoms with Gasteiger partial charge < -0.3 is 10.1 Å². The summed E-state index contributed by atoms with van der Waals surface area (Å²) in [5.74, 6) is 0.692. The number of pyridine rings is 1. The number of benzene rings is 2. The summed E-state index contributed by atoms with van der Waals surface area (Å²) in [6, 6.07) is 10.7. The van der Waals surface area contributed by atoms with Gasteiger partial charge in [-0.15, -0.1) is 0 Å². The minimum Gasteiger partial charge on any atom is -0.494 e. The van der Waals surface area contributed by atoms with Crippen molar-refractivity contribution in [1.29, 1.82) is 0 Å². The summed E-state index contributed by atoms with van der Waals surface area (Å²) in [6.07, 6.45) is 3.38. The second-order valence-corrected chi connectivity index (χ2v) is 7.61. The van der Waals surface area contributed by atoms with Gasteiger partial charge in [0.1, 0.15) is 28.7 Å². The molecule has 2 heterocycles. The summed E-state index contributed by atoms with van der Waals surface area (Å²) in [5.41, 5.74) is 2.18. The van der Waals surface area contributed by atoms with Crippen LogP contribution in [0.25, 0.3) is 33.4 Å². The van der Waals surface area contributed by atoms with Crippen molar-refractivity contribution in [2.45, 2.75) is 13.8 Å². The van der Waals surface area contributed by atoms with Gasteiger partial charge in [-0.05, 0) is 47.9 Å². The van der Waals surface area contributed by atoms with Crippen LogP contribution < -0.4 is 10.1 Å². The van der Waals surface area contributed by atoms with Gasteiger partial charge in [0.15, 0.2) is 5.82 Å².